The number of hydrogen-bond acceptors (Lipinski definition) is 6. The molecule has 0 bridgehead atoms. The van der Waals surface area contributed by atoms with Crippen LogP contribution in [0.15, 0.2) is 36.7 Å². The maximum atomic E-state index is 12.5. The van der Waals surface area contributed by atoms with E-state index < -0.39 is 0 Å². The number of ether oxygens (including phenoxy) is 2. The van der Waals surface area contributed by atoms with Gasteiger partial charge < -0.3 is 9.47 Å². The van der Waals surface area contributed by atoms with Gasteiger partial charge >= 0.3 is 0 Å². The van der Waals surface area contributed by atoms with Gasteiger partial charge in [-0.2, -0.15) is 4.98 Å². The van der Waals surface area contributed by atoms with Crippen LogP contribution in [0.2, 0.25) is 0 Å². The van der Waals surface area contributed by atoms with Gasteiger partial charge in [-0.15, -0.1) is 5.10 Å². The number of aromatic nitrogens is 4. The molecule has 8 heteroatoms. The minimum Gasteiger partial charge on any atom is -0.494 e. The fraction of sp³-hybridized carbons (Fsp3) is 0.294. The van der Waals surface area contributed by atoms with Crippen molar-refractivity contribution in [2.45, 2.75) is 13.3 Å². The highest BCUT2D eigenvalue weighted by atomic mass is 16.5. The molecule has 1 amide bonds. The maximum absolute atomic E-state index is 12.5. The van der Waals surface area contributed by atoms with Gasteiger partial charge in [-0.05, 0) is 43.2 Å². The summed E-state index contributed by atoms with van der Waals surface area (Å²) < 4.78 is 12.7. The van der Waals surface area contributed by atoms with Gasteiger partial charge in [0.25, 0.3) is 11.7 Å². The van der Waals surface area contributed by atoms with Gasteiger partial charge in [0, 0.05) is 12.4 Å². The molecule has 4 rings (SSSR count). The number of hydrogen-bond donors (Lipinski definition) is 1. The van der Waals surface area contributed by atoms with E-state index in [4.69, 9.17) is 9.47 Å². The quantitative estimate of drug-likeness (QED) is 0.778. The number of nitrogens with zero attached hydrogens (tertiary/aromatic N) is 4. The standard InChI is InChI=1S/C17H17N5O3/c1-2-24-13-4-5-14-11(9-13)8-12(10-25-14)15(23)19-16-20-17-18-6-3-7-22(17)21-16/h3-7,9,12H,2,8,10H2,1H3,(H,19,21,23)/t12-/m0/s1. The summed E-state index contributed by atoms with van der Waals surface area (Å²) in [6.45, 7) is 2.85. The van der Waals surface area contributed by atoms with Crippen LogP contribution >= 0.6 is 0 Å². The summed E-state index contributed by atoms with van der Waals surface area (Å²) in [5.74, 6) is 1.75. The Kier molecular flexibility index (Phi) is 3.93. The number of rotatable bonds is 4. The summed E-state index contributed by atoms with van der Waals surface area (Å²) >= 11 is 0. The van der Waals surface area contributed by atoms with E-state index in [1.807, 2.05) is 25.1 Å². The van der Waals surface area contributed by atoms with E-state index in [9.17, 15) is 4.79 Å². The molecule has 0 spiro atoms. The highest BCUT2D eigenvalue weighted by molar-refractivity contribution is 5.91. The summed E-state index contributed by atoms with van der Waals surface area (Å²) in [6.07, 6.45) is 3.92. The molecule has 0 fully saturated rings. The van der Waals surface area contributed by atoms with Gasteiger partial charge in [0.2, 0.25) is 5.91 Å². The van der Waals surface area contributed by atoms with Gasteiger partial charge in [-0.1, -0.05) is 0 Å². The number of amides is 1. The fourth-order valence-corrected chi connectivity index (χ4v) is 2.79. The summed E-state index contributed by atoms with van der Waals surface area (Å²) in [4.78, 5) is 20.8. The molecule has 1 aliphatic rings. The third kappa shape index (κ3) is 3.10. The van der Waals surface area contributed by atoms with E-state index in [2.05, 4.69) is 20.4 Å². The fourth-order valence-electron chi connectivity index (χ4n) is 2.79. The Bertz CT molecular complexity index is 891. The Balaban J connectivity index is 1.48. The third-order valence-corrected chi connectivity index (χ3v) is 3.97. The molecule has 1 aliphatic heterocycles. The Morgan fingerprint density at radius 2 is 2.40 bits per heavy atom. The van der Waals surface area contributed by atoms with E-state index in [1.54, 1.807) is 18.5 Å². The number of nitrogens with one attached hydrogen (secondary N) is 1. The minimum atomic E-state index is -0.316. The van der Waals surface area contributed by atoms with Crippen molar-refractivity contribution in [3.8, 4) is 11.5 Å². The third-order valence-electron chi connectivity index (χ3n) is 3.97. The molecular weight excluding hydrogens is 322 g/mol. The molecule has 3 aromatic rings. The predicted molar refractivity (Wildman–Crippen MR) is 89.7 cm³/mol. The molecule has 1 atom stereocenters. The first-order chi connectivity index (χ1) is 12.2. The number of fused-ring (bicyclic) bond motifs is 2. The van der Waals surface area contributed by atoms with Crippen LogP contribution in [0.4, 0.5) is 5.95 Å². The van der Waals surface area contributed by atoms with Gasteiger partial charge in [-0.3, -0.25) is 10.1 Å². The number of carbonyl (C=O) groups excluding carboxylic acids is 1. The van der Waals surface area contributed by atoms with E-state index >= 15 is 0 Å². The number of carbonyl (C=O) groups is 1. The molecule has 128 valence electrons. The van der Waals surface area contributed by atoms with Gasteiger partial charge in [0.05, 0.1) is 12.5 Å². The largest absolute Gasteiger partial charge is 0.494 e. The van der Waals surface area contributed by atoms with E-state index in [1.165, 1.54) is 4.52 Å². The Labute approximate surface area is 143 Å². The van der Waals surface area contributed by atoms with Gasteiger partial charge in [0.1, 0.15) is 18.1 Å². The average molecular weight is 339 g/mol. The first kappa shape index (κ1) is 15.4. The molecule has 0 aliphatic carbocycles. The molecule has 3 heterocycles. The lowest BCUT2D eigenvalue weighted by Crippen LogP contribution is -2.32. The number of benzene rings is 1. The van der Waals surface area contributed by atoms with Crippen molar-refractivity contribution >= 4 is 17.6 Å². The van der Waals surface area contributed by atoms with Crippen LogP contribution in [-0.4, -0.2) is 38.7 Å². The Morgan fingerprint density at radius 3 is 3.24 bits per heavy atom. The summed E-state index contributed by atoms with van der Waals surface area (Å²) in [7, 11) is 0. The van der Waals surface area contributed by atoms with Crippen LogP contribution in [0.25, 0.3) is 5.78 Å². The molecule has 25 heavy (non-hydrogen) atoms. The lowest BCUT2D eigenvalue weighted by Gasteiger charge is -2.24. The zero-order valence-corrected chi connectivity index (χ0v) is 13.7. The first-order valence-electron chi connectivity index (χ1n) is 8.09. The van der Waals surface area contributed by atoms with Crippen LogP contribution in [0.5, 0.6) is 11.5 Å². The molecule has 0 saturated carbocycles. The van der Waals surface area contributed by atoms with Crippen LogP contribution in [0, 0.1) is 5.92 Å². The van der Waals surface area contributed by atoms with Gasteiger partial charge in [0.15, 0.2) is 0 Å². The van der Waals surface area contributed by atoms with Crippen LogP contribution < -0.4 is 14.8 Å². The van der Waals surface area contributed by atoms with Gasteiger partial charge in [-0.25, -0.2) is 9.50 Å². The highest BCUT2D eigenvalue weighted by Crippen LogP contribution is 2.31. The van der Waals surface area contributed by atoms with Crippen LogP contribution in [0.3, 0.4) is 0 Å². The maximum Gasteiger partial charge on any atom is 0.253 e. The molecule has 0 unspecified atom stereocenters. The summed E-state index contributed by atoms with van der Waals surface area (Å²) in [5, 5.41) is 6.92. The molecule has 8 nitrogen and oxygen atoms in total. The molecule has 1 aromatic carbocycles. The van der Waals surface area contributed by atoms with Crippen molar-refractivity contribution in [3.05, 3.63) is 42.2 Å². The van der Waals surface area contributed by atoms with Crippen LogP contribution in [-0.2, 0) is 11.2 Å². The number of anilines is 1. The smallest absolute Gasteiger partial charge is 0.253 e. The van der Waals surface area contributed by atoms with Crippen molar-refractivity contribution in [2.75, 3.05) is 18.5 Å². The molecule has 0 radical (unpaired) electrons. The summed E-state index contributed by atoms with van der Waals surface area (Å²) in [6, 6.07) is 7.42. The summed E-state index contributed by atoms with van der Waals surface area (Å²) in [5.41, 5.74) is 0.960. The minimum absolute atomic E-state index is 0.177. The lowest BCUT2D eigenvalue weighted by molar-refractivity contribution is -0.121. The van der Waals surface area contributed by atoms with Crippen molar-refractivity contribution < 1.29 is 14.3 Å². The Morgan fingerprint density at radius 1 is 1.48 bits per heavy atom. The zero-order chi connectivity index (χ0) is 17.2. The molecular formula is C17H17N5O3. The van der Waals surface area contributed by atoms with E-state index in [0.717, 1.165) is 17.1 Å². The SMILES string of the molecule is CCOc1ccc2c(c1)C[C@H](C(=O)Nc1nc3ncccn3n1)CO2. The Hall–Kier alpha value is -3.16. The topological polar surface area (TPSA) is 90.6 Å². The normalized spacial score (nSPS) is 16.1. The van der Waals surface area contributed by atoms with Crippen molar-refractivity contribution in [2.24, 2.45) is 5.92 Å². The first-order valence-corrected chi connectivity index (χ1v) is 8.09. The van der Waals surface area contributed by atoms with Crippen molar-refractivity contribution in [1.82, 2.24) is 19.6 Å². The highest BCUT2D eigenvalue weighted by Gasteiger charge is 2.27. The van der Waals surface area contributed by atoms with E-state index in [-0.39, 0.29) is 17.8 Å². The second-order valence-electron chi connectivity index (χ2n) is 5.70. The second-order valence-corrected chi connectivity index (χ2v) is 5.70. The van der Waals surface area contributed by atoms with Crippen molar-refractivity contribution in [1.29, 1.82) is 0 Å². The van der Waals surface area contributed by atoms with Crippen molar-refractivity contribution in [3.63, 3.8) is 0 Å². The van der Waals surface area contributed by atoms with Crippen LogP contribution in [0.1, 0.15) is 12.5 Å². The predicted octanol–water partition coefficient (Wildman–Crippen LogP) is 1.71. The second kappa shape index (κ2) is 6.39. The molecule has 1 N–H and O–H groups in total. The molecule has 0 saturated heterocycles. The average Bonchev–Trinajstić information content (AvgIpc) is 3.03. The zero-order valence-electron chi connectivity index (χ0n) is 13.7. The monoisotopic (exact) mass is 339 g/mol. The lowest BCUT2D eigenvalue weighted by atomic mass is 9.96. The molecule has 2 aromatic heterocycles. The van der Waals surface area contributed by atoms with E-state index in [0.29, 0.717) is 25.4 Å².